The molecule has 2 rings (SSSR count). The first-order valence-corrected chi connectivity index (χ1v) is 27.5. The van der Waals surface area contributed by atoms with E-state index in [1.54, 1.807) is 58.0 Å². The Morgan fingerprint density at radius 2 is 0.912 bits per heavy atom. The number of aliphatic hydroxyl groups is 1. The Kier molecular flexibility index (Phi) is 31.7. The molecule has 0 fully saturated rings. The zero-order valence-corrected chi connectivity index (χ0v) is 46.7. The van der Waals surface area contributed by atoms with Crippen LogP contribution in [-0.4, -0.2) is 154 Å². The third kappa shape index (κ3) is 24.8. The number of hydrogen-bond acceptors (Lipinski definition) is 15. The first-order chi connectivity index (χ1) is 38.0. The summed E-state index contributed by atoms with van der Waals surface area (Å²) in [5.41, 5.74) is 18.5. The quantitative estimate of drug-likeness (QED) is 0.0374. The molecule has 0 unspecified atom stereocenters. The number of unbranched alkanes of at least 4 members (excludes halogenated alkanes) is 3. The lowest BCUT2D eigenvalue weighted by Gasteiger charge is -2.30. The topological polar surface area (TPSA) is 426 Å². The normalized spacial score (nSPS) is 14.9. The average molecular weight is 1130 g/mol. The van der Waals surface area contributed by atoms with Crippen molar-refractivity contribution < 1.29 is 68.4 Å². The molecule has 0 saturated carbocycles. The number of carbonyl (C=O) groups excluding carboxylic acids is 8. The summed E-state index contributed by atoms with van der Waals surface area (Å²) in [6.07, 6.45) is 2.32. The molecule has 0 aliphatic carbocycles. The highest BCUT2D eigenvalue weighted by molar-refractivity contribution is 5.98. The Bertz CT molecular complexity index is 2310. The van der Waals surface area contributed by atoms with Gasteiger partial charge in [-0.15, -0.1) is 0 Å². The van der Waals surface area contributed by atoms with Gasteiger partial charge in [0, 0.05) is 19.3 Å². The van der Waals surface area contributed by atoms with Crippen LogP contribution in [0.25, 0.3) is 0 Å². The van der Waals surface area contributed by atoms with Crippen molar-refractivity contribution >= 4 is 59.2 Å². The van der Waals surface area contributed by atoms with E-state index in [1.807, 2.05) is 6.92 Å². The van der Waals surface area contributed by atoms with Crippen molar-refractivity contribution in [1.82, 2.24) is 42.5 Å². The molecule has 8 amide bonds. The maximum atomic E-state index is 14.5. The number of phenolic OH excluding ortho intramolecular Hbond substituents is 1. The minimum atomic E-state index is -1.69. The van der Waals surface area contributed by atoms with Gasteiger partial charge in [0.05, 0.1) is 12.6 Å². The molecule has 0 saturated heterocycles. The van der Waals surface area contributed by atoms with Crippen molar-refractivity contribution in [2.45, 2.75) is 179 Å². The Hall–Kier alpha value is -7.22. The van der Waals surface area contributed by atoms with E-state index in [2.05, 4.69) is 42.5 Å². The fraction of sp³-hybridized carbons (Fsp3) is 0.600. The first-order valence-electron chi connectivity index (χ1n) is 27.5. The van der Waals surface area contributed by atoms with Crippen LogP contribution in [-0.2, 0) is 60.8 Å². The molecule has 0 bridgehead atoms. The Balaban J connectivity index is 2.48. The van der Waals surface area contributed by atoms with Gasteiger partial charge in [0.1, 0.15) is 54.1 Å². The van der Waals surface area contributed by atoms with E-state index in [-0.39, 0.29) is 44.4 Å². The number of aliphatic hydroxyl groups excluding tert-OH is 1. The summed E-state index contributed by atoms with van der Waals surface area (Å²) in [6, 6.07) is 2.06. The van der Waals surface area contributed by atoms with Crippen LogP contribution in [0.3, 0.4) is 0 Å². The molecular weight excluding hydrogens is 1040 g/mol. The number of nitrogens with one attached hydrogen (secondary N) is 8. The number of carboxylic acid groups (broad SMARTS) is 2. The number of hydrogen-bond donors (Lipinski definition) is 15. The van der Waals surface area contributed by atoms with Crippen LogP contribution in [0.15, 0.2) is 54.6 Å². The van der Waals surface area contributed by atoms with Gasteiger partial charge in [-0.25, -0.2) is 4.79 Å². The maximum absolute atomic E-state index is 14.5. The highest BCUT2D eigenvalue weighted by atomic mass is 16.4. The van der Waals surface area contributed by atoms with Crippen molar-refractivity contribution in [2.75, 3.05) is 19.7 Å². The molecule has 10 atom stereocenters. The molecular formula is C55H87N11O14. The van der Waals surface area contributed by atoms with Crippen LogP contribution >= 0.6 is 0 Å². The summed E-state index contributed by atoms with van der Waals surface area (Å²) >= 11 is 0. The van der Waals surface area contributed by atoms with Crippen LogP contribution in [0.5, 0.6) is 5.75 Å². The highest BCUT2D eigenvalue weighted by Gasteiger charge is 2.37. The van der Waals surface area contributed by atoms with E-state index < -0.39 is 145 Å². The molecule has 80 heavy (non-hydrogen) atoms. The third-order valence-electron chi connectivity index (χ3n) is 13.4. The lowest BCUT2D eigenvalue weighted by molar-refractivity contribution is -0.143. The van der Waals surface area contributed by atoms with E-state index in [1.165, 1.54) is 24.3 Å². The minimum absolute atomic E-state index is 0.0524. The summed E-state index contributed by atoms with van der Waals surface area (Å²) < 4.78 is 0. The second-order valence-electron chi connectivity index (χ2n) is 20.3. The lowest BCUT2D eigenvalue weighted by Crippen LogP contribution is -2.61. The zero-order chi connectivity index (χ0) is 59.9. The Labute approximate surface area is 467 Å². The molecule has 0 spiro atoms. The van der Waals surface area contributed by atoms with Gasteiger partial charge in [0.25, 0.3) is 0 Å². The monoisotopic (exact) mass is 1130 g/mol. The standard InChI is InChI=1S/C55H87N11O14/c1-6-8-19-38(59-47(71)37(58)18-12-14-27-56)48(72)64-43(31-67)53(77)61-40(25-26-44(69)70)49(73)60-39(20-13-15-28-57)50(74)66-46(33(5)7-2)54(78)63-41(29-34-16-10-9-11-17-34)51(75)62-42(30-35-21-23-36(68)24-22-35)52(76)65-45(32(3)4)55(79)80/h9-11,16-17,21-24,32-33,37-43,45-46,67-68H,6-8,12-15,18-20,25-31,56-58H2,1-5H3,(H,59,71)(H,60,73)(H,61,77)(H,62,75)(H,63,78)(H,64,72)(H,65,76)(H,66,74)(H,69,70)(H,79,80)/t33-,37-,38-,39-,40-,41-,42-,43-,45-,46-/m0/s1. The lowest BCUT2D eigenvalue weighted by atomic mass is 9.96. The summed E-state index contributed by atoms with van der Waals surface area (Å²) in [4.78, 5) is 135. The molecule has 25 nitrogen and oxygen atoms in total. The van der Waals surface area contributed by atoms with E-state index in [9.17, 15) is 68.4 Å². The molecule has 0 radical (unpaired) electrons. The molecule has 446 valence electrons. The van der Waals surface area contributed by atoms with Gasteiger partial charge in [0.15, 0.2) is 0 Å². The summed E-state index contributed by atoms with van der Waals surface area (Å²) in [5, 5.41) is 60.2. The van der Waals surface area contributed by atoms with Crippen LogP contribution in [0.2, 0.25) is 0 Å². The van der Waals surface area contributed by atoms with Crippen molar-refractivity contribution in [3.8, 4) is 5.75 Å². The molecule has 0 heterocycles. The van der Waals surface area contributed by atoms with Crippen LogP contribution in [0.4, 0.5) is 0 Å². The number of carbonyl (C=O) groups is 10. The molecule has 25 heteroatoms. The van der Waals surface area contributed by atoms with E-state index in [4.69, 9.17) is 17.2 Å². The van der Waals surface area contributed by atoms with E-state index in [0.29, 0.717) is 62.6 Å². The molecule has 2 aromatic rings. The van der Waals surface area contributed by atoms with Gasteiger partial charge in [-0.05, 0) is 93.1 Å². The molecule has 18 N–H and O–H groups in total. The fourth-order valence-electron chi connectivity index (χ4n) is 8.30. The van der Waals surface area contributed by atoms with Gasteiger partial charge < -0.3 is 80.2 Å². The maximum Gasteiger partial charge on any atom is 0.326 e. The predicted octanol–water partition coefficient (Wildman–Crippen LogP) is -0.525. The number of rotatable bonds is 39. The first kappa shape index (κ1) is 68.9. The predicted molar refractivity (Wildman–Crippen MR) is 297 cm³/mol. The Morgan fingerprint density at radius 1 is 0.487 bits per heavy atom. The van der Waals surface area contributed by atoms with Crippen molar-refractivity contribution in [3.05, 3.63) is 65.7 Å². The minimum Gasteiger partial charge on any atom is -0.508 e. The van der Waals surface area contributed by atoms with Crippen molar-refractivity contribution in [1.29, 1.82) is 0 Å². The van der Waals surface area contributed by atoms with Gasteiger partial charge in [-0.3, -0.25) is 43.2 Å². The second kappa shape index (κ2) is 36.9. The van der Waals surface area contributed by atoms with Crippen LogP contribution in [0.1, 0.15) is 123 Å². The zero-order valence-electron chi connectivity index (χ0n) is 46.7. The largest absolute Gasteiger partial charge is 0.508 e. The second-order valence-corrected chi connectivity index (χ2v) is 20.3. The van der Waals surface area contributed by atoms with Gasteiger partial charge in [-0.2, -0.15) is 0 Å². The third-order valence-corrected chi connectivity index (χ3v) is 13.4. The molecule has 2 aromatic carbocycles. The SMILES string of the molecule is CCCC[C@H](NC(=O)[C@@H](N)CCCCN)C(=O)N[C@@H](CO)C(=O)N[C@@H](CCC(=O)O)C(=O)N[C@@H](CCCCN)C(=O)N[C@H](C(=O)N[C@@H](Cc1ccccc1)C(=O)N[C@@H](Cc1ccc(O)cc1)C(=O)N[C@H](C(=O)O)C(C)C)[C@@H](C)CC. The number of aromatic hydroxyl groups is 1. The summed E-state index contributed by atoms with van der Waals surface area (Å²) in [6.45, 7) is 8.11. The van der Waals surface area contributed by atoms with E-state index in [0.717, 1.165) is 0 Å². The average Bonchev–Trinajstić information content (AvgIpc) is 3.42. The number of nitrogens with two attached hydrogens (primary N) is 3. The Morgan fingerprint density at radius 3 is 1.41 bits per heavy atom. The van der Waals surface area contributed by atoms with Gasteiger partial charge in [0.2, 0.25) is 47.3 Å². The van der Waals surface area contributed by atoms with E-state index >= 15 is 0 Å². The van der Waals surface area contributed by atoms with Crippen molar-refractivity contribution in [3.63, 3.8) is 0 Å². The molecule has 0 aromatic heterocycles. The van der Waals surface area contributed by atoms with Crippen molar-refractivity contribution in [2.24, 2.45) is 29.0 Å². The van der Waals surface area contributed by atoms with Crippen LogP contribution < -0.4 is 59.7 Å². The van der Waals surface area contributed by atoms with Crippen LogP contribution in [0, 0.1) is 11.8 Å². The fourth-order valence-corrected chi connectivity index (χ4v) is 8.30. The van der Waals surface area contributed by atoms with Gasteiger partial charge in [-0.1, -0.05) is 103 Å². The molecule has 0 aliphatic rings. The number of phenols is 1. The number of benzene rings is 2. The number of aliphatic carboxylic acids is 2. The van der Waals surface area contributed by atoms with Gasteiger partial charge >= 0.3 is 11.9 Å². The number of carboxylic acids is 2. The number of amides is 8. The summed E-state index contributed by atoms with van der Waals surface area (Å²) in [5.74, 6) is -10.8. The summed E-state index contributed by atoms with van der Waals surface area (Å²) in [7, 11) is 0. The molecule has 0 aliphatic heterocycles. The highest BCUT2D eigenvalue weighted by Crippen LogP contribution is 2.16. The smallest absolute Gasteiger partial charge is 0.326 e.